The number of aromatic nitrogens is 2. The van der Waals surface area contributed by atoms with Crippen molar-refractivity contribution >= 4 is 21.4 Å². The third-order valence-corrected chi connectivity index (χ3v) is 5.14. The maximum absolute atomic E-state index is 12.3. The SMILES string of the molecule is Cc1[nH]ncc1S(=O)(=O)Nc1cccc(N2CCCC2)c1. The molecule has 0 spiro atoms. The molecule has 2 N–H and O–H groups in total. The van der Waals surface area contributed by atoms with E-state index in [-0.39, 0.29) is 4.90 Å². The van der Waals surface area contributed by atoms with E-state index in [1.807, 2.05) is 18.2 Å². The normalized spacial score (nSPS) is 15.4. The Kier molecular flexibility index (Phi) is 3.59. The van der Waals surface area contributed by atoms with E-state index in [4.69, 9.17) is 0 Å². The van der Waals surface area contributed by atoms with Crippen molar-refractivity contribution < 1.29 is 8.42 Å². The summed E-state index contributed by atoms with van der Waals surface area (Å²) in [5.41, 5.74) is 2.15. The molecule has 112 valence electrons. The van der Waals surface area contributed by atoms with Crippen LogP contribution in [0.4, 0.5) is 11.4 Å². The molecule has 0 radical (unpaired) electrons. The average molecular weight is 306 g/mol. The number of sulfonamides is 1. The first kappa shape index (κ1) is 13.9. The first-order valence-electron chi connectivity index (χ1n) is 6.94. The number of benzene rings is 1. The molecule has 1 aromatic heterocycles. The van der Waals surface area contributed by atoms with E-state index in [0.29, 0.717) is 11.4 Å². The Morgan fingerprint density at radius 2 is 2.05 bits per heavy atom. The highest BCUT2D eigenvalue weighted by Gasteiger charge is 2.19. The largest absolute Gasteiger partial charge is 0.371 e. The van der Waals surface area contributed by atoms with Gasteiger partial charge in [0.25, 0.3) is 10.0 Å². The molecule has 0 amide bonds. The summed E-state index contributed by atoms with van der Waals surface area (Å²) in [5.74, 6) is 0. The van der Waals surface area contributed by atoms with E-state index < -0.39 is 10.0 Å². The van der Waals surface area contributed by atoms with Crippen LogP contribution in [0.5, 0.6) is 0 Å². The van der Waals surface area contributed by atoms with Crippen LogP contribution in [-0.4, -0.2) is 31.7 Å². The van der Waals surface area contributed by atoms with E-state index in [1.54, 1.807) is 13.0 Å². The van der Waals surface area contributed by atoms with Gasteiger partial charge in [0, 0.05) is 18.8 Å². The van der Waals surface area contributed by atoms with Crippen LogP contribution in [0, 0.1) is 6.92 Å². The standard InChI is InChI=1S/C14H18N4O2S/c1-11-14(10-15-16-11)21(19,20)17-12-5-4-6-13(9-12)18-7-2-3-8-18/h4-6,9-10,17H,2-3,7-8H2,1H3,(H,15,16). The van der Waals surface area contributed by atoms with Crippen LogP contribution in [0.25, 0.3) is 0 Å². The minimum Gasteiger partial charge on any atom is -0.371 e. The highest BCUT2D eigenvalue weighted by molar-refractivity contribution is 7.92. The van der Waals surface area contributed by atoms with Crippen molar-refractivity contribution in [1.29, 1.82) is 0 Å². The molecular formula is C14H18N4O2S. The lowest BCUT2D eigenvalue weighted by molar-refractivity contribution is 0.600. The van der Waals surface area contributed by atoms with Crippen molar-refractivity contribution in [2.24, 2.45) is 0 Å². The number of anilines is 2. The Hall–Kier alpha value is -2.02. The minimum absolute atomic E-state index is 0.175. The summed E-state index contributed by atoms with van der Waals surface area (Å²) in [4.78, 5) is 2.44. The quantitative estimate of drug-likeness (QED) is 0.907. The summed E-state index contributed by atoms with van der Waals surface area (Å²) in [6, 6.07) is 7.50. The second-order valence-corrected chi connectivity index (χ2v) is 6.86. The fourth-order valence-electron chi connectivity index (χ4n) is 2.56. The average Bonchev–Trinajstić information content (AvgIpc) is 3.09. The van der Waals surface area contributed by atoms with Crippen molar-refractivity contribution in [2.45, 2.75) is 24.7 Å². The van der Waals surface area contributed by atoms with Crippen molar-refractivity contribution in [2.75, 3.05) is 22.7 Å². The predicted octanol–water partition coefficient (Wildman–Crippen LogP) is 2.12. The Labute approximate surface area is 124 Å². The fraction of sp³-hybridized carbons (Fsp3) is 0.357. The molecule has 0 bridgehead atoms. The second-order valence-electron chi connectivity index (χ2n) is 5.21. The number of hydrogen-bond acceptors (Lipinski definition) is 4. The molecule has 7 heteroatoms. The van der Waals surface area contributed by atoms with Gasteiger partial charge in [-0.25, -0.2) is 8.42 Å². The number of rotatable bonds is 4. The second kappa shape index (κ2) is 5.40. The van der Waals surface area contributed by atoms with Crippen LogP contribution in [0.3, 0.4) is 0 Å². The van der Waals surface area contributed by atoms with Gasteiger partial charge in [-0.1, -0.05) is 6.07 Å². The third kappa shape index (κ3) is 2.87. The molecule has 1 fully saturated rings. The van der Waals surface area contributed by atoms with E-state index >= 15 is 0 Å². The Morgan fingerprint density at radius 3 is 2.71 bits per heavy atom. The monoisotopic (exact) mass is 306 g/mol. The highest BCUT2D eigenvalue weighted by atomic mass is 32.2. The molecular weight excluding hydrogens is 288 g/mol. The maximum atomic E-state index is 12.3. The lowest BCUT2D eigenvalue weighted by atomic mass is 10.2. The summed E-state index contributed by atoms with van der Waals surface area (Å²) in [6.07, 6.45) is 3.69. The number of aromatic amines is 1. The Morgan fingerprint density at radius 1 is 1.29 bits per heavy atom. The number of H-pyrrole nitrogens is 1. The van der Waals surface area contributed by atoms with E-state index in [0.717, 1.165) is 18.8 Å². The molecule has 0 aliphatic carbocycles. The van der Waals surface area contributed by atoms with Crippen LogP contribution in [-0.2, 0) is 10.0 Å². The van der Waals surface area contributed by atoms with Crippen LogP contribution in [0.1, 0.15) is 18.5 Å². The first-order valence-corrected chi connectivity index (χ1v) is 8.42. The highest BCUT2D eigenvalue weighted by Crippen LogP contribution is 2.25. The van der Waals surface area contributed by atoms with Gasteiger partial charge in [0.15, 0.2) is 0 Å². The molecule has 1 saturated heterocycles. The molecule has 3 rings (SSSR count). The molecule has 1 aliphatic heterocycles. The van der Waals surface area contributed by atoms with Gasteiger partial charge in [0.2, 0.25) is 0 Å². The van der Waals surface area contributed by atoms with Crippen LogP contribution >= 0.6 is 0 Å². The molecule has 0 unspecified atom stereocenters. The predicted molar refractivity (Wildman–Crippen MR) is 82.0 cm³/mol. The van der Waals surface area contributed by atoms with Crippen LogP contribution < -0.4 is 9.62 Å². The molecule has 6 nitrogen and oxygen atoms in total. The summed E-state index contributed by atoms with van der Waals surface area (Å²) in [6.45, 7) is 3.73. The number of hydrogen-bond donors (Lipinski definition) is 2. The summed E-state index contributed by atoms with van der Waals surface area (Å²) in [5, 5.41) is 6.40. The van der Waals surface area contributed by atoms with Gasteiger partial charge in [-0.05, 0) is 38.0 Å². The van der Waals surface area contributed by atoms with Crippen molar-refractivity contribution in [3.63, 3.8) is 0 Å². The van der Waals surface area contributed by atoms with E-state index in [2.05, 4.69) is 19.8 Å². The first-order chi connectivity index (χ1) is 10.1. The van der Waals surface area contributed by atoms with Gasteiger partial charge in [0.1, 0.15) is 4.90 Å². The molecule has 1 aliphatic rings. The van der Waals surface area contributed by atoms with Crippen LogP contribution in [0.2, 0.25) is 0 Å². The number of aryl methyl sites for hydroxylation is 1. The maximum Gasteiger partial charge on any atom is 0.265 e. The van der Waals surface area contributed by atoms with Gasteiger partial charge < -0.3 is 4.90 Å². The van der Waals surface area contributed by atoms with Gasteiger partial charge in [-0.3, -0.25) is 9.82 Å². The smallest absolute Gasteiger partial charge is 0.265 e. The van der Waals surface area contributed by atoms with Gasteiger partial charge >= 0.3 is 0 Å². The fourth-order valence-corrected chi connectivity index (χ4v) is 3.75. The van der Waals surface area contributed by atoms with Crippen molar-refractivity contribution in [1.82, 2.24) is 10.2 Å². The Balaban J connectivity index is 1.85. The summed E-state index contributed by atoms with van der Waals surface area (Å²) >= 11 is 0. The topological polar surface area (TPSA) is 78.1 Å². The van der Waals surface area contributed by atoms with Crippen molar-refractivity contribution in [3.8, 4) is 0 Å². The van der Waals surface area contributed by atoms with Gasteiger partial charge in [-0.15, -0.1) is 0 Å². The lowest BCUT2D eigenvalue weighted by Crippen LogP contribution is -2.18. The van der Waals surface area contributed by atoms with E-state index in [1.165, 1.54) is 19.0 Å². The Bertz CT molecular complexity index is 733. The number of nitrogens with zero attached hydrogens (tertiary/aromatic N) is 2. The molecule has 0 atom stereocenters. The van der Waals surface area contributed by atoms with Gasteiger partial charge in [-0.2, -0.15) is 5.10 Å². The molecule has 2 aromatic rings. The summed E-state index contributed by atoms with van der Waals surface area (Å²) in [7, 11) is -3.60. The molecule has 21 heavy (non-hydrogen) atoms. The number of nitrogens with one attached hydrogen (secondary N) is 2. The van der Waals surface area contributed by atoms with Gasteiger partial charge in [0.05, 0.1) is 17.6 Å². The lowest BCUT2D eigenvalue weighted by Gasteiger charge is -2.18. The van der Waals surface area contributed by atoms with Crippen molar-refractivity contribution in [3.05, 3.63) is 36.2 Å². The zero-order chi connectivity index (χ0) is 14.9. The molecule has 0 saturated carbocycles. The molecule has 1 aromatic carbocycles. The zero-order valence-corrected chi connectivity index (χ0v) is 12.7. The summed E-state index contributed by atoms with van der Waals surface area (Å²) < 4.78 is 27.3. The minimum atomic E-state index is -3.60. The van der Waals surface area contributed by atoms with Crippen LogP contribution in [0.15, 0.2) is 35.4 Å². The molecule has 2 heterocycles. The third-order valence-electron chi connectivity index (χ3n) is 3.64. The van der Waals surface area contributed by atoms with E-state index in [9.17, 15) is 8.42 Å². The zero-order valence-electron chi connectivity index (χ0n) is 11.8.